The fourth-order valence-electron chi connectivity index (χ4n) is 0.604. The molecule has 0 fully saturated rings. The Hall–Kier alpha value is -0.900. The Bertz CT molecular complexity index is 261. The smallest absolute Gasteiger partial charge is 0.324 e. The predicted molar refractivity (Wildman–Crippen MR) is 48.3 cm³/mol. The van der Waals surface area contributed by atoms with Crippen LogP contribution in [0.25, 0.3) is 0 Å². The van der Waals surface area contributed by atoms with Crippen LogP contribution in [0.1, 0.15) is 6.92 Å². The molecule has 0 saturated carbocycles. The third kappa shape index (κ3) is 2.62. The van der Waals surface area contributed by atoms with E-state index in [9.17, 15) is 4.79 Å². The van der Waals surface area contributed by atoms with Gasteiger partial charge in [-0.1, -0.05) is 15.9 Å². The maximum absolute atomic E-state index is 11.0. The summed E-state index contributed by atoms with van der Waals surface area (Å²) in [5.74, 6) is 0.211. The minimum absolute atomic E-state index is 0.286. The topological polar surface area (TPSA) is 39.2 Å². The average molecular weight is 230 g/mol. The standard InChI is InChI=1S/C8H8BrNO2/c1-6(9)8(11)12-7-2-4-10-5-3-7/h2-6H,1H3. The molecule has 1 atom stereocenters. The van der Waals surface area contributed by atoms with Crippen LogP contribution in [0.3, 0.4) is 0 Å². The number of aromatic nitrogens is 1. The minimum atomic E-state index is -0.304. The molecule has 0 aliphatic carbocycles. The van der Waals surface area contributed by atoms with E-state index in [-0.39, 0.29) is 10.8 Å². The Morgan fingerprint density at radius 3 is 2.67 bits per heavy atom. The number of hydrogen-bond acceptors (Lipinski definition) is 3. The van der Waals surface area contributed by atoms with Crippen molar-refractivity contribution in [2.45, 2.75) is 11.8 Å². The highest BCUT2D eigenvalue weighted by molar-refractivity contribution is 9.10. The fraction of sp³-hybridized carbons (Fsp3) is 0.250. The number of carbonyl (C=O) groups is 1. The predicted octanol–water partition coefficient (Wildman–Crippen LogP) is 1.77. The number of alkyl halides is 1. The van der Waals surface area contributed by atoms with Gasteiger partial charge in [-0.05, 0) is 19.1 Å². The van der Waals surface area contributed by atoms with Crippen molar-refractivity contribution in [2.24, 2.45) is 0 Å². The van der Waals surface area contributed by atoms with Crippen LogP contribution in [0, 0.1) is 0 Å². The summed E-state index contributed by atoms with van der Waals surface area (Å²) >= 11 is 3.11. The van der Waals surface area contributed by atoms with Crippen LogP contribution in [-0.2, 0) is 4.79 Å². The van der Waals surface area contributed by atoms with Gasteiger partial charge in [-0.2, -0.15) is 0 Å². The van der Waals surface area contributed by atoms with Gasteiger partial charge in [0.25, 0.3) is 0 Å². The molecule has 0 saturated heterocycles. The molecule has 0 radical (unpaired) electrons. The van der Waals surface area contributed by atoms with Crippen molar-refractivity contribution in [3.8, 4) is 5.75 Å². The molecule has 0 amide bonds. The van der Waals surface area contributed by atoms with Crippen molar-refractivity contribution in [1.29, 1.82) is 0 Å². The van der Waals surface area contributed by atoms with E-state index in [2.05, 4.69) is 20.9 Å². The molecule has 4 heteroatoms. The summed E-state index contributed by atoms with van der Waals surface area (Å²) in [7, 11) is 0. The molecule has 12 heavy (non-hydrogen) atoms. The van der Waals surface area contributed by atoms with Crippen molar-refractivity contribution < 1.29 is 9.53 Å². The van der Waals surface area contributed by atoms with E-state index in [1.807, 2.05) is 0 Å². The molecule has 0 aliphatic heterocycles. The number of rotatable bonds is 2. The number of ether oxygens (including phenoxy) is 1. The molecule has 0 bridgehead atoms. The second-order valence-electron chi connectivity index (χ2n) is 2.22. The molecule has 3 nitrogen and oxygen atoms in total. The molecular weight excluding hydrogens is 222 g/mol. The Labute approximate surface area is 78.9 Å². The van der Waals surface area contributed by atoms with E-state index in [4.69, 9.17) is 4.74 Å². The zero-order valence-corrected chi connectivity index (χ0v) is 8.11. The highest BCUT2D eigenvalue weighted by Crippen LogP contribution is 2.09. The Morgan fingerprint density at radius 2 is 2.17 bits per heavy atom. The monoisotopic (exact) mass is 229 g/mol. The van der Waals surface area contributed by atoms with E-state index >= 15 is 0 Å². The lowest BCUT2D eigenvalue weighted by Gasteiger charge is -2.03. The summed E-state index contributed by atoms with van der Waals surface area (Å²) in [6.45, 7) is 1.71. The maximum atomic E-state index is 11.0. The number of pyridine rings is 1. The first-order valence-electron chi connectivity index (χ1n) is 3.46. The third-order valence-corrected chi connectivity index (χ3v) is 1.57. The number of halogens is 1. The van der Waals surface area contributed by atoms with Gasteiger partial charge in [0.15, 0.2) is 0 Å². The Balaban J connectivity index is 2.59. The van der Waals surface area contributed by atoms with E-state index in [0.29, 0.717) is 5.75 Å². The average Bonchev–Trinajstić information content (AvgIpc) is 2.06. The van der Waals surface area contributed by atoms with Crippen LogP contribution in [0.2, 0.25) is 0 Å². The first-order chi connectivity index (χ1) is 5.70. The van der Waals surface area contributed by atoms with Crippen LogP contribution in [0.4, 0.5) is 0 Å². The van der Waals surface area contributed by atoms with Crippen LogP contribution < -0.4 is 4.74 Å². The number of nitrogens with zero attached hydrogens (tertiary/aromatic N) is 1. The van der Waals surface area contributed by atoms with Crippen LogP contribution in [0.15, 0.2) is 24.5 Å². The number of esters is 1. The number of carbonyl (C=O) groups excluding carboxylic acids is 1. The van der Waals surface area contributed by atoms with Gasteiger partial charge in [0, 0.05) is 12.4 Å². The van der Waals surface area contributed by atoms with Gasteiger partial charge in [0.2, 0.25) is 0 Å². The van der Waals surface area contributed by atoms with Gasteiger partial charge in [0.1, 0.15) is 10.6 Å². The second-order valence-corrected chi connectivity index (χ2v) is 3.59. The summed E-state index contributed by atoms with van der Waals surface area (Å²) < 4.78 is 4.95. The lowest BCUT2D eigenvalue weighted by molar-refractivity contribution is -0.133. The summed E-state index contributed by atoms with van der Waals surface area (Å²) in [4.78, 5) is 14.5. The molecule has 1 heterocycles. The molecule has 1 aromatic heterocycles. The zero-order chi connectivity index (χ0) is 8.97. The fourth-order valence-corrected chi connectivity index (χ4v) is 0.697. The summed E-state index contributed by atoms with van der Waals surface area (Å²) in [6.07, 6.45) is 3.14. The number of hydrogen-bond donors (Lipinski definition) is 0. The first kappa shape index (κ1) is 9.19. The van der Waals surface area contributed by atoms with E-state index in [1.165, 1.54) is 0 Å². The SMILES string of the molecule is CC(Br)C(=O)Oc1ccncc1. The van der Waals surface area contributed by atoms with Crippen molar-refractivity contribution in [2.75, 3.05) is 0 Å². The lowest BCUT2D eigenvalue weighted by atomic mass is 10.4. The zero-order valence-electron chi connectivity index (χ0n) is 6.53. The molecule has 0 N–H and O–H groups in total. The second kappa shape index (κ2) is 4.21. The highest BCUT2D eigenvalue weighted by atomic mass is 79.9. The van der Waals surface area contributed by atoms with E-state index < -0.39 is 0 Å². The molecule has 1 unspecified atom stereocenters. The normalized spacial score (nSPS) is 12.2. The molecule has 0 aromatic carbocycles. The van der Waals surface area contributed by atoms with E-state index in [1.54, 1.807) is 31.5 Å². The van der Waals surface area contributed by atoms with Crippen molar-refractivity contribution in [3.63, 3.8) is 0 Å². The molecular formula is C8H8BrNO2. The summed E-state index contributed by atoms with van der Waals surface area (Å²) in [5, 5.41) is 0. The van der Waals surface area contributed by atoms with E-state index in [0.717, 1.165) is 0 Å². The molecule has 0 aliphatic rings. The summed E-state index contributed by atoms with van der Waals surface area (Å²) in [5.41, 5.74) is 0. The quantitative estimate of drug-likeness (QED) is 0.574. The molecule has 64 valence electrons. The first-order valence-corrected chi connectivity index (χ1v) is 4.37. The third-order valence-electron chi connectivity index (χ3n) is 1.19. The minimum Gasteiger partial charge on any atom is -0.426 e. The lowest BCUT2D eigenvalue weighted by Crippen LogP contribution is -2.16. The molecule has 1 aromatic rings. The van der Waals surface area contributed by atoms with Crippen molar-refractivity contribution >= 4 is 21.9 Å². The van der Waals surface area contributed by atoms with Gasteiger partial charge in [0.05, 0.1) is 0 Å². The van der Waals surface area contributed by atoms with Crippen LogP contribution in [-0.4, -0.2) is 15.8 Å². The maximum Gasteiger partial charge on any atom is 0.324 e. The van der Waals surface area contributed by atoms with Crippen LogP contribution in [0.5, 0.6) is 5.75 Å². The summed E-state index contributed by atoms with van der Waals surface area (Å²) in [6, 6.07) is 3.26. The van der Waals surface area contributed by atoms with Crippen LogP contribution >= 0.6 is 15.9 Å². The van der Waals surface area contributed by atoms with Crippen molar-refractivity contribution in [3.05, 3.63) is 24.5 Å². The van der Waals surface area contributed by atoms with Crippen molar-refractivity contribution in [1.82, 2.24) is 4.98 Å². The Morgan fingerprint density at radius 1 is 1.58 bits per heavy atom. The van der Waals surface area contributed by atoms with Gasteiger partial charge < -0.3 is 4.74 Å². The molecule has 0 spiro atoms. The van der Waals surface area contributed by atoms with Gasteiger partial charge >= 0.3 is 5.97 Å². The molecule has 1 rings (SSSR count). The Kier molecular flexibility index (Phi) is 3.22. The largest absolute Gasteiger partial charge is 0.426 e. The van der Waals surface area contributed by atoms with Gasteiger partial charge in [-0.15, -0.1) is 0 Å². The van der Waals surface area contributed by atoms with Gasteiger partial charge in [-0.3, -0.25) is 9.78 Å². The highest BCUT2D eigenvalue weighted by Gasteiger charge is 2.10. The van der Waals surface area contributed by atoms with Gasteiger partial charge in [-0.25, -0.2) is 0 Å².